The number of rotatable bonds is 4. The Labute approximate surface area is 147 Å². The quantitative estimate of drug-likeness (QED) is 0.851. The van der Waals surface area contributed by atoms with Gasteiger partial charge in [-0.25, -0.2) is 0 Å². The second-order valence-electron chi connectivity index (χ2n) is 5.88. The van der Waals surface area contributed by atoms with E-state index in [0.29, 0.717) is 17.3 Å². The van der Waals surface area contributed by atoms with Gasteiger partial charge in [0.15, 0.2) is 0 Å². The van der Waals surface area contributed by atoms with Gasteiger partial charge in [0.1, 0.15) is 0 Å². The number of benzene rings is 2. The molecule has 0 fully saturated rings. The van der Waals surface area contributed by atoms with Crippen molar-refractivity contribution in [3.8, 4) is 0 Å². The summed E-state index contributed by atoms with van der Waals surface area (Å²) in [7, 11) is 0. The lowest BCUT2D eigenvalue weighted by Crippen LogP contribution is -2.43. The van der Waals surface area contributed by atoms with E-state index in [9.17, 15) is 9.59 Å². The van der Waals surface area contributed by atoms with E-state index in [-0.39, 0.29) is 6.04 Å². The Morgan fingerprint density at radius 2 is 1.75 bits per heavy atom. The van der Waals surface area contributed by atoms with E-state index in [1.54, 1.807) is 30.0 Å². The first-order valence-electron chi connectivity index (χ1n) is 7.81. The van der Waals surface area contributed by atoms with E-state index in [0.717, 1.165) is 11.1 Å². The fourth-order valence-corrected chi connectivity index (χ4v) is 2.49. The Bertz CT molecular complexity index is 729. The average molecular weight is 345 g/mol. The third kappa shape index (κ3) is 4.36. The first-order valence-corrected chi connectivity index (χ1v) is 8.19. The third-order valence-corrected chi connectivity index (χ3v) is 4.20. The Hall–Kier alpha value is -2.33. The predicted octanol–water partition coefficient (Wildman–Crippen LogP) is 4.02. The van der Waals surface area contributed by atoms with Gasteiger partial charge in [-0.15, -0.1) is 0 Å². The maximum absolute atomic E-state index is 12.6. The van der Waals surface area contributed by atoms with E-state index in [1.165, 1.54) is 0 Å². The van der Waals surface area contributed by atoms with Crippen LogP contribution in [0.15, 0.2) is 48.5 Å². The second kappa shape index (κ2) is 7.97. The summed E-state index contributed by atoms with van der Waals surface area (Å²) in [5.74, 6) is -1.22. The Morgan fingerprint density at radius 1 is 1.08 bits per heavy atom. The fourth-order valence-electron chi connectivity index (χ4n) is 2.32. The van der Waals surface area contributed by atoms with E-state index in [4.69, 9.17) is 11.6 Å². The molecule has 0 saturated heterocycles. The molecule has 5 heteroatoms. The predicted molar refractivity (Wildman–Crippen MR) is 96.9 cm³/mol. The van der Waals surface area contributed by atoms with Crippen LogP contribution in [0.2, 0.25) is 5.02 Å². The van der Waals surface area contributed by atoms with Gasteiger partial charge in [0.25, 0.3) is 0 Å². The highest BCUT2D eigenvalue weighted by atomic mass is 35.5. The first kappa shape index (κ1) is 18.0. The number of nitrogens with zero attached hydrogens (tertiary/aromatic N) is 1. The van der Waals surface area contributed by atoms with E-state index < -0.39 is 11.8 Å². The molecule has 0 heterocycles. The number of nitrogens with one attached hydrogen (secondary N) is 1. The molecule has 2 aromatic carbocycles. The second-order valence-corrected chi connectivity index (χ2v) is 6.29. The molecule has 2 aromatic rings. The van der Waals surface area contributed by atoms with Gasteiger partial charge >= 0.3 is 11.8 Å². The Kier molecular flexibility index (Phi) is 5.99. The molecule has 24 heavy (non-hydrogen) atoms. The monoisotopic (exact) mass is 344 g/mol. The SMILES string of the molecule is Cc1c(Cl)cccc1NC(=O)C(=O)N(Cc1ccccc1)C(C)C. The van der Waals surface area contributed by atoms with Crippen molar-refractivity contribution >= 4 is 29.1 Å². The van der Waals surface area contributed by atoms with Gasteiger partial charge in [0.2, 0.25) is 0 Å². The normalized spacial score (nSPS) is 10.5. The van der Waals surface area contributed by atoms with Crippen molar-refractivity contribution in [1.82, 2.24) is 4.90 Å². The zero-order chi connectivity index (χ0) is 17.7. The highest BCUT2D eigenvalue weighted by molar-refractivity contribution is 6.40. The summed E-state index contributed by atoms with van der Waals surface area (Å²) in [4.78, 5) is 26.5. The van der Waals surface area contributed by atoms with Crippen LogP contribution in [0.1, 0.15) is 25.0 Å². The summed E-state index contributed by atoms with van der Waals surface area (Å²) in [6, 6.07) is 14.7. The molecule has 0 bridgehead atoms. The lowest BCUT2D eigenvalue weighted by Gasteiger charge is -2.26. The largest absolute Gasteiger partial charge is 0.328 e. The van der Waals surface area contributed by atoms with Crippen LogP contribution in [0, 0.1) is 6.92 Å². The van der Waals surface area contributed by atoms with Crippen LogP contribution in [0.5, 0.6) is 0 Å². The van der Waals surface area contributed by atoms with Crippen molar-refractivity contribution in [2.24, 2.45) is 0 Å². The fraction of sp³-hybridized carbons (Fsp3) is 0.263. The highest BCUT2D eigenvalue weighted by Gasteiger charge is 2.24. The average Bonchev–Trinajstić information content (AvgIpc) is 2.57. The molecule has 0 saturated carbocycles. The molecule has 1 N–H and O–H groups in total. The maximum atomic E-state index is 12.6. The van der Waals surface area contributed by atoms with Gasteiger partial charge in [-0.2, -0.15) is 0 Å². The number of anilines is 1. The lowest BCUT2D eigenvalue weighted by molar-refractivity contribution is -0.144. The number of carbonyl (C=O) groups excluding carboxylic acids is 2. The number of carbonyl (C=O) groups is 2. The molecule has 0 aromatic heterocycles. The van der Waals surface area contributed by atoms with Crippen LogP contribution >= 0.6 is 11.6 Å². The minimum absolute atomic E-state index is 0.0936. The van der Waals surface area contributed by atoms with Crippen LogP contribution < -0.4 is 5.32 Å². The summed E-state index contributed by atoms with van der Waals surface area (Å²) in [6.07, 6.45) is 0. The Morgan fingerprint density at radius 3 is 2.38 bits per heavy atom. The van der Waals surface area contributed by atoms with Crippen molar-refractivity contribution in [1.29, 1.82) is 0 Å². The number of hydrogen-bond donors (Lipinski definition) is 1. The summed E-state index contributed by atoms with van der Waals surface area (Å²) >= 11 is 6.05. The third-order valence-electron chi connectivity index (χ3n) is 3.79. The summed E-state index contributed by atoms with van der Waals surface area (Å²) in [5.41, 5.74) is 2.26. The smallest absolute Gasteiger partial charge is 0.313 e. The molecule has 2 rings (SSSR count). The van der Waals surface area contributed by atoms with Gasteiger partial charge in [-0.1, -0.05) is 48.0 Å². The maximum Gasteiger partial charge on any atom is 0.313 e. The molecule has 0 aliphatic carbocycles. The molecule has 0 unspecified atom stereocenters. The topological polar surface area (TPSA) is 49.4 Å². The molecule has 2 amide bonds. The molecule has 0 radical (unpaired) electrons. The number of amides is 2. The number of hydrogen-bond acceptors (Lipinski definition) is 2. The minimum atomic E-state index is -0.662. The van der Waals surface area contributed by atoms with Crippen molar-refractivity contribution < 1.29 is 9.59 Å². The molecule has 0 aliphatic heterocycles. The van der Waals surface area contributed by atoms with Gasteiger partial charge < -0.3 is 10.2 Å². The van der Waals surface area contributed by atoms with Gasteiger partial charge in [-0.05, 0) is 44.0 Å². The molecular weight excluding hydrogens is 324 g/mol. The van der Waals surface area contributed by atoms with Gasteiger partial charge in [0.05, 0.1) is 0 Å². The molecule has 4 nitrogen and oxygen atoms in total. The highest BCUT2D eigenvalue weighted by Crippen LogP contribution is 2.23. The molecular formula is C19H21ClN2O2. The Balaban J connectivity index is 2.14. The summed E-state index contributed by atoms with van der Waals surface area (Å²) in [6.45, 7) is 5.96. The van der Waals surface area contributed by atoms with E-state index >= 15 is 0 Å². The van der Waals surface area contributed by atoms with Crippen LogP contribution in [-0.4, -0.2) is 22.8 Å². The van der Waals surface area contributed by atoms with Crippen LogP contribution in [0.4, 0.5) is 5.69 Å². The standard InChI is InChI=1S/C19H21ClN2O2/c1-13(2)22(12-15-8-5-4-6-9-15)19(24)18(23)21-17-11-7-10-16(20)14(17)3/h4-11,13H,12H2,1-3H3,(H,21,23). The van der Waals surface area contributed by atoms with Crippen molar-refractivity contribution in [2.75, 3.05) is 5.32 Å². The first-order chi connectivity index (χ1) is 11.4. The summed E-state index contributed by atoms with van der Waals surface area (Å²) in [5, 5.41) is 3.20. The van der Waals surface area contributed by atoms with E-state index in [2.05, 4.69) is 5.32 Å². The van der Waals surface area contributed by atoms with Crippen LogP contribution in [0.25, 0.3) is 0 Å². The summed E-state index contributed by atoms with van der Waals surface area (Å²) < 4.78 is 0. The number of halogens is 1. The molecule has 0 aliphatic rings. The lowest BCUT2D eigenvalue weighted by atomic mass is 10.1. The zero-order valence-electron chi connectivity index (χ0n) is 14.0. The van der Waals surface area contributed by atoms with E-state index in [1.807, 2.05) is 44.2 Å². The molecule has 0 atom stereocenters. The van der Waals surface area contributed by atoms with Crippen LogP contribution in [0.3, 0.4) is 0 Å². The van der Waals surface area contributed by atoms with Gasteiger partial charge in [0, 0.05) is 23.3 Å². The zero-order valence-corrected chi connectivity index (χ0v) is 14.8. The molecule has 0 spiro atoms. The van der Waals surface area contributed by atoms with Crippen molar-refractivity contribution in [3.05, 3.63) is 64.7 Å². The molecule has 126 valence electrons. The minimum Gasteiger partial charge on any atom is -0.328 e. The van der Waals surface area contributed by atoms with Crippen molar-refractivity contribution in [3.63, 3.8) is 0 Å². The van der Waals surface area contributed by atoms with Crippen LogP contribution in [-0.2, 0) is 16.1 Å². The van der Waals surface area contributed by atoms with Crippen molar-refractivity contribution in [2.45, 2.75) is 33.4 Å². The van der Waals surface area contributed by atoms with Gasteiger partial charge in [-0.3, -0.25) is 9.59 Å².